The zero-order valence-electron chi connectivity index (χ0n) is 12.7. The van der Waals surface area contributed by atoms with Gasteiger partial charge in [-0.3, -0.25) is 4.90 Å². The third kappa shape index (κ3) is 3.60. The molecule has 0 saturated heterocycles. The summed E-state index contributed by atoms with van der Waals surface area (Å²) >= 11 is 0. The van der Waals surface area contributed by atoms with Crippen LogP contribution >= 0.6 is 0 Å². The van der Waals surface area contributed by atoms with E-state index >= 15 is 0 Å². The van der Waals surface area contributed by atoms with E-state index in [1.54, 1.807) is 12.1 Å². The zero-order valence-corrected chi connectivity index (χ0v) is 12.7. The van der Waals surface area contributed by atoms with E-state index in [1.807, 2.05) is 12.1 Å². The fourth-order valence-corrected chi connectivity index (χ4v) is 2.69. The maximum Gasteiger partial charge on any atom is 0.335 e. The lowest BCUT2D eigenvalue weighted by Crippen LogP contribution is -2.38. The lowest BCUT2D eigenvalue weighted by Gasteiger charge is -2.33. The predicted molar refractivity (Wildman–Crippen MR) is 80.9 cm³/mol. The van der Waals surface area contributed by atoms with Crippen molar-refractivity contribution < 1.29 is 9.90 Å². The highest BCUT2D eigenvalue weighted by molar-refractivity contribution is 5.87. The van der Waals surface area contributed by atoms with Crippen LogP contribution in [-0.2, 0) is 6.54 Å². The number of carboxylic acids is 1. The van der Waals surface area contributed by atoms with Gasteiger partial charge in [0.15, 0.2) is 0 Å². The fraction of sp³-hybridized carbons (Fsp3) is 0.588. The fourth-order valence-electron chi connectivity index (χ4n) is 2.69. The molecule has 1 aromatic carbocycles. The van der Waals surface area contributed by atoms with Crippen molar-refractivity contribution in [2.24, 2.45) is 5.92 Å². The van der Waals surface area contributed by atoms with E-state index in [4.69, 9.17) is 5.11 Å². The van der Waals surface area contributed by atoms with Crippen LogP contribution in [0.25, 0.3) is 0 Å². The third-order valence-electron chi connectivity index (χ3n) is 4.55. The van der Waals surface area contributed by atoms with E-state index in [0.717, 1.165) is 12.1 Å². The Balaban J connectivity index is 2.12. The Bertz CT molecular complexity index is 468. The SMILES string of the molecule is CCC(C)C(C)N(Cc1cccc(C(=O)O)c1)C1CC1. The van der Waals surface area contributed by atoms with Gasteiger partial charge < -0.3 is 5.11 Å². The summed E-state index contributed by atoms with van der Waals surface area (Å²) in [5.41, 5.74) is 1.49. The van der Waals surface area contributed by atoms with Gasteiger partial charge in [0.25, 0.3) is 0 Å². The van der Waals surface area contributed by atoms with Crippen LogP contribution in [0.2, 0.25) is 0 Å². The molecule has 0 radical (unpaired) electrons. The molecule has 1 aliphatic carbocycles. The number of benzene rings is 1. The molecule has 0 amide bonds. The van der Waals surface area contributed by atoms with Crippen LogP contribution in [0.15, 0.2) is 24.3 Å². The molecule has 0 aromatic heterocycles. The monoisotopic (exact) mass is 275 g/mol. The minimum absolute atomic E-state index is 0.384. The summed E-state index contributed by atoms with van der Waals surface area (Å²) in [7, 11) is 0. The molecule has 20 heavy (non-hydrogen) atoms. The van der Waals surface area contributed by atoms with Crippen molar-refractivity contribution in [3.63, 3.8) is 0 Å². The molecule has 0 aliphatic heterocycles. The molecule has 1 fully saturated rings. The number of hydrogen-bond acceptors (Lipinski definition) is 2. The molecule has 0 heterocycles. The van der Waals surface area contributed by atoms with Gasteiger partial charge in [0.2, 0.25) is 0 Å². The van der Waals surface area contributed by atoms with Crippen molar-refractivity contribution in [3.05, 3.63) is 35.4 Å². The average Bonchev–Trinajstić information content (AvgIpc) is 3.28. The number of carbonyl (C=O) groups is 1. The van der Waals surface area contributed by atoms with Crippen molar-refractivity contribution in [2.75, 3.05) is 0 Å². The molecule has 0 bridgehead atoms. The largest absolute Gasteiger partial charge is 0.478 e. The molecule has 2 unspecified atom stereocenters. The number of rotatable bonds is 7. The van der Waals surface area contributed by atoms with Crippen LogP contribution in [0.5, 0.6) is 0 Å². The second-order valence-electron chi connectivity index (χ2n) is 6.04. The Morgan fingerprint density at radius 3 is 2.65 bits per heavy atom. The summed E-state index contributed by atoms with van der Waals surface area (Å²) in [6.45, 7) is 7.69. The maximum absolute atomic E-state index is 11.1. The molecule has 1 aliphatic rings. The molecule has 3 heteroatoms. The lowest BCUT2D eigenvalue weighted by molar-refractivity contribution is 0.0696. The molecule has 2 rings (SSSR count). The average molecular weight is 275 g/mol. The number of nitrogens with zero attached hydrogens (tertiary/aromatic N) is 1. The summed E-state index contributed by atoms with van der Waals surface area (Å²) < 4.78 is 0. The standard InChI is InChI=1S/C17H25NO2/c1-4-12(2)13(3)18(16-8-9-16)11-14-6-5-7-15(10-14)17(19)20/h5-7,10,12-13,16H,4,8-9,11H2,1-3H3,(H,19,20). The van der Waals surface area contributed by atoms with Crippen LogP contribution in [0.3, 0.4) is 0 Å². The molecule has 3 nitrogen and oxygen atoms in total. The zero-order chi connectivity index (χ0) is 14.7. The molecule has 2 atom stereocenters. The predicted octanol–water partition coefficient (Wildman–Crippen LogP) is 3.78. The van der Waals surface area contributed by atoms with Crippen LogP contribution < -0.4 is 0 Å². The van der Waals surface area contributed by atoms with E-state index in [1.165, 1.54) is 19.3 Å². The van der Waals surface area contributed by atoms with Crippen molar-refractivity contribution in [2.45, 2.75) is 58.7 Å². The number of hydrogen-bond donors (Lipinski definition) is 1. The highest BCUT2D eigenvalue weighted by Gasteiger charge is 2.33. The van der Waals surface area contributed by atoms with Crippen LogP contribution in [0.1, 0.15) is 56.0 Å². The Hall–Kier alpha value is -1.35. The van der Waals surface area contributed by atoms with Gasteiger partial charge in [0.05, 0.1) is 5.56 Å². The molecular weight excluding hydrogens is 250 g/mol. The first-order chi connectivity index (χ1) is 9.52. The Morgan fingerprint density at radius 2 is 2.10 bits per heavy atom. The summed E-state index contributed by atoms with van der Waals surface area (Å²) in [6.07, 6.45) is 3.73. The molecule has 1 saturated carbocycles. The summed E-state index contributed by atoms with van der Waals surface area (Å²) in [5, 5.41) is 9.09. The van der Waals surface area contributed by atoms with Gasteiger partial charge in [0, 0.05) is 18.6 Å². The van der Waals surface area contributed by atoms with E-state index in [2.05, 4.69) is 25.7 Å². The van der Waals surface area contributed by atoms with Gasteiger partial charge in [-0.1, -0.05) is 32.4 Å². The minimum atomic E-state index is -0.847. The second-order valence-corrected chi connectivity index (χ2v) is 6.04. The number of aromatic carboxylic acids is 1. The minimum Gasteiger partial charge on any atom is -0.478 e. The molecule has 110 valence electrons. The van der Waals surface area contributed by atoms with Gasteiger partial charge in [-0.25, -0.2) is 4.79 Å². The molecule has 1 N–H and O–H groups in total. The maximum atomic E-state index is 11.1. The Kier molecular flexibility index (Phi) is 4.81. The normalized spacial score (nSPS) is 18.0. The van der Waals surface area contributed by atoms with Gasteiger partial charge in [-0.2, -0.15) is 0 Å². The van der Waals surface area contributed by atoms with Gasteiger partial charge in [0.1, 0.15) is 0 Å². The van der Waals surface area contributed by atoms with Crippen molar-refractivity contribution >= 4 is 5.97 Å². The van der Waals surface area contributed by atoms with Crippen LogP contribution in [0.4, 0.5) is 0 Å². The third-order valence-corrected chi connectivity index (χ3v) is 4.55. The second kappa shape index (κ2) is 6.40. The molecular formula is C17H25NO2. The van der Waals surface area contributed by atoms with Crippen molar-refractivity contribution in [1.82, 2.24) is 4.90 Å². The van der Waals surface area contributed by atoms with E-state index in [-0.39, 0.29) is 0 Å². The van der Waals surface area contributed by atoms with Crippen molar-refractivity contribution in [1.29, 1.82) is 0 Å². The first-order valence-corrected chi connectivity index (χ1v) is 7.61. The Morgan fingerprint density at radius 1 is 1.40 bits per heavy atom. The van der Waals surface area contributed by atoms with Gasteiger partial charge >= 0.3 is 5.97 Å². The summed E-state index contributed by atoms with van der Waals surface area (Å²) in [4.78, 5) is 13.6. The Labute approximate surface area is 121 Å². The first kappa shape index (κ1) is 15.0. The van der Waals surface area contributed by atoms with E-state index < -0.39 is 5.97 Å². The molecule has 0 spiro atoms. The highest BCUT2D eigenvalue weighted by atomic mass is 16.4. The first-order valence-electron chi connectivity index (χ1n) is 7.61. The summed E-state index contributed by atoms with van der Waals surface area (Å²) in [5.74, 6) is -0.182. The van der Waals surface area contributed by atoms with Crippen molar-refractivity contribution in [3.8, 4) is 0 Å². The summed E-state index contributed by atoms with van der Waals surface area (Å²) in [6, 6.07) is 8.57. The van der Waals surface area contributed by atoms with Gasteiger partial charge in [-0.15, -0.1) is 0 Å². The quantitative estimate of drug-likeness (QED) is 0.823. The van der Waals surface area contributed by atoms with E-state index in [9.17, 15) is 4.79 Å². The van der Waals surface area contributed by atoms with Crippen LogP contribution in [0, 0.1) is 5.92 Å². The van der Waals surface area contributed by atoms with Gasteiger partial charge in [-0.05, 0) is 43.4 Å². The highest BCUT2D eigenvalue weighted by Crippen LogP contribution is 2.32. The number of carboxylic acid groups (broad SMARTS) is 1. The van der Waals surface area contributed by atoms with Crippen LogP contribution in [-0.4, -0.2) is 28.1 Å². The topological polar surface area (TPSA) is 40.5 Å². The van der Waals surface area contributed by atoms with E-state index in [0.29, 0.717) is 23.6 Å². The smallest absolute Gasteiger partial charge is 0.335 e. The lowest BCUT2D eigenvalue weighted by atomic mass is 9.98. The molecule has 1 aromatic rings.